The van der Waals surface area contributed by atoms with Crippen molar-refractivity contribution in [1.82, 2.24) is 0 Å². The van der Waals surface area contributed by atoms with Crippen LogP contribution in [0.3, 0.4) is 0 Å². The van der Waals surface area contributed by atoms with Gasteiger partial charge in [0.1, 0.15) is 5.82 Å². The van der Waals surface area contributed by atoms with Crippen molar-refractivity contribution in [3.8, 4) is 0 Å². The number of carboxylic acid groups (broad SMARTS) is 1. The lowest BCUT2D eigenvalue weighted by Gasteiger charge is -2.06. The Hall–Kier alpha value is -1.52. The van der Waals surface area contributed by atoms with E-state index in [1.54, 1.807) is 18.2 Å². The molecule has 0 aliphatic rings. The molecule has 0 unspecified atom stereocenters. The molecular weight excluding hydrogens is 275 g/mol. The first kappa shape index (κ1) is 12.9. The summed E-state index contributed by atoms with van der Waals surface area (Å²) in [7, 11) is 0. The molecule has 0 aliphatic carbocycles. The molecular formula is C13H8ClFO2S. The van der Waals surface area contributed by atoms with Crippen molar-refractivity contribution in [1.29, 1.82) is 0 Å². The van der Waals surface area contributed by atoms with Crippen LogP contribution in [0, 0.1) is 5.82 Å². The van der Waals surface area contributed by atoms with Crippen LogP contribution in [0.2, 0.25) is 5.02 Å². The van der Waals surface area contributed by atoms with E-state index in [2.05, 4.69) is 0 Å². The first-order valence-electron chi connectivity index (χ1n) is 5.02. The molecule has 0 amide bonds. The Bertz CT molecular complexity index is 601. The highest BCUT2D eigenvalue weighted by Gasteiger charge is 2.12. The van der Waals surface area contributed by atoms with Crippen molar-refractivity contribution >= 4 is 29.3 Å². The Morgan fingerprint density at radius 3 is 2.67 bits per heavy atom. The quantitative estimate of drug-likeness (QED) is 0.910. The van der Waals surface area contributed by atoms with Gasteiger partial charge >= 0.3 is 5.97 Å². The van der Waals surface area contributed by atoms with Gasteiger partial charge in [-0.15, -0.1) is 0 Å². The summed E-state index contributed by atoms with van der Waals surface area (Å²) in [6, 6.07) is 10.5. The fraction of sp³-hybridized carbons (Fsp3) is 0. The fourth-order valence-corrected chi connectivity index (χ4v) is 2.67. The lowest BCUT2D eigenvalue weighted by Crippen LogP contribution is -1.98. The molecule has 0 aliphatic heterocycles. The molecule has 0 atom stereocenters. The Kier molecular flexibility index (Phi) is 3.89. The van der Waals surface area contributed by atoms with Gasteiger partial charge < -0.3 is 5.11 Å². The zero-order chi connectivity index (χ0) is 13.1. The van der Waals surface area contributed by atoms with Crippen molar-refractivity contribution in [2.45, 2.75) is 9.79 Å². The second-order valence-electron chi connectivity index (χ2n) is 3.51. The number of aromatic carboxylic acids is 1. The number of hydrogen-bond donors (Lipinski definition) is 1. The van der Waals surface area contributed by atoms with E-state index in [1.165, 1.54) is 36.0 Å². The highest BCUT2D eigenvalue weighted by Crippen LogP contribution is 2.32. The summed E-state index contributed by atoms with van der Waals surface area (Å²) >= 11 is 7.00. The molecule has 0 saturated heterocycles. The summed E-state index contributed by atoms with van der Waals surface area (Å²) in [6.45, 7) is 0. The standard InChI is InChI=1S/C13H8ClFO2S/c14-8-4-5-11(13(16)17)12(6-8)18-10-3-1-2-9(15)7-10/h1-7H,(H,16,17). The SMILES string of the molecule is O=C(O)c1ccc(Cl)cc1Sc1cccc(F)c1. The van der Waals surface area contributed by atoms with E-state index < -0.39 is 5.97 Å². The van der Waals surface area contributed by atoms with Crippen LogP contribution in [0.1, 0.15) is 10.4 Å². The maximum absolute atomic E-state index is 13.1. The lowest BCUT2D eigenvalue weighted by molar-refractivity contribution is 0.0693. The van der Waals surface area contributed by atoms with Gasteiger partial charge in [-0.1, -0.05) is 29.4 Å². The Labute approximate surface area is 112 Å². The van der Waals surface area contributed by atoms with Gasteiger partial charge in [0.25, 0.3) is 0 Å². The first-order chi connectivity index (χ1) is 8.56. The van der Waals surface area contributed by atoms with Crippen LogP contribution in [0.25, 0.3) is 0 Å². The molecule has 2 aromatic carbocycles. The van der Waals surface area contributed by atoms with Crippen LogP contribution in [0.4, 0.5) is 4.39 Å². The van der Waals surface area contributed by atoms with Crippen molar-refractivity contribution in [2.75, 3.05) is 0 Å². The summed E-state index contributed by atoms with van der Waals surface area (Å²) < 4.78 is 13.1. The number of carboxylic acids is 1. The van der Waals surface area contributed by atoms with Crippen molar-refractivity contribution in [3.63, 3.8) is 0 Å². The topological polar surface area (TPSA) is 37.3 Å². The molecule has 2 aromatic rings. The Morgan fingerprint density at radius 1 is 1.22 bits per heavy atom. The molecule has 1 N–H and O–H groups in total. The van der Waals surface area contributed by atoms with Gasteiger partial charge in [-0.05, 0) is 36.4 Å². The number of carbonyl (C=O) groups is 1. The molecule has 92 valence electrons. The number of hydrogen-bond acceptors (Lipinski definition) is 2. The minimum Gasteiger partial charge on any atom is -0.478 e. The summed E-state index contributed by atoms with van der Waals surface area (Å²) in [5, 5.41) is 9.50. The third kappa shape index (κ3) is 3.03. The molecule has 0 saturated carbocycles. The van der Waals surface area contributed by atoms with Crippen LogP contribution >= 0.6 is 23.4 Å². The number of rotatable bonds is 3. The second-order valence-corrected chi connectivity index (χ2v) is 5.06. The third-order valence-electron chi connectivity index (χ3n) is 2.20. The maximum atomic E-state index is 13.1. The van der Waals surface area contributed by atoms with E-state index >= 15 is 0 Å². The summed E-state index contributed by atoms with van der Waals surface area (Å²) in [5.41, 5.74) is 0.147. The van der Waals surface area contributed by atoms with E-state index in [0.717, 1.165) is 0 Å². The minimum absolute atomic E-state index is 0.147. The largest absolute Gasteiger partial charge is 0.478 e. The molecule has 5 heteroatoms. The van der Waals surface area contributed by atoms with Crippen molar-refractivity contribution in [2.24, 2.45) is 0 Å². The van der Waals surface area contributed by atoms with Crippen LogP contribution in [0.15, 0.2) is 52.3 Å². The Morgan fingerprint density at radius 2 is 2.00 bits per heavy atom. The van der Waals surface area contributed by atoms with E-state index in [0.29, 0.717) is 14.8 Å². The molecule has 0 bridgehead atoms. The van der Waals surface area contributed by atoms with Crippen molar-refractivity contribution < 1.29 is 14.3 Å². The van der Waals surface area contributed by atoms with E-state index in [9.17, 15) is 9.18 Å². The van der Waals surface area contributed by atoms with Gasteiger partial charge in [0.05, 0.1) is 5.56 Å². The predicted molar refractivity (Wildman–Crippen MR) is 68.9 cm³/mol. The van der Waals surface area contributed by atoms with Gasteiger partial charge in [-0.2, -0.15) is 0 Å². The van der Waals surface area contributed by atoms with Crippen LogP contribution < -0.4 is 0 Å². The third-order valence-corrected chi connectivity index (χ3v) is 3.48. The molecule has 0 spiro atoms. The first-order valence-corrected chi connectivity index (χ1v) is 6.22. The van der Waals surface area contributed by atoms with Crippen LogP contribution in [0.5, 0.6) is 0 Å². The molecule has 0 heterocycles. The summed E-state index contributed by atoms with van der Waals surface area (Å²) in [4.78, 5) is 12.2. The highest BCUT2D eigenvalue weighted by atomic mass is 35.5. The van der Waals surface area contributed by atoms with Crippen LogP contribution in [-0.4, -0.2) is 11.1 Å². The molecule has 0 fully saturated rings. The minimum atomic E-state index is -1.04. The van der Waals surface area contributed by atoms with E-state index in [4.69, 9.17) is 16.7 Å². The average Bonchev–Trinajstić information content (AvgIpc) is 2.28. The maximum Gasteiger partial charge on any atom is 0.336 e. The van der Waals surface area contributed by atoms with Gasteiger partial charge in [-0.3, -0.25) is 0 Å². The normalized spacial score (nSPS) is 10.3. The highest BCUT2D eigenvalue weighted by molar-refractivity contribution is 7.99. The van der Waals surface area contributed by atoms with Gasteiger partial charge in [-0.25, -0.2) is 9.18 Å². The summed E-state index contributed by atoms with van der Waals surface area (Å²) in [6.07, 6.45) is 0. The fourth-order valence-electron chi connectivity index (χ4n) is 1.41. The number of halogens is 2. The van der Waals surface area contributed by atoms with Crippen LogP contribution in [-0.2, 0) is 0 Å². The molecule has 0 aromatic heterocycles. The van der Waals surface area contributed by atoms with E-state index in [-0.39, 0.29) is 11.4 Å². The lowest BCUT2D eigenvalue weighted by atomic mass is 10.2. The van der Waals surface area contributed by atoms with Gasteiger partial charge in [0.15, 0.2) is 0 Å². The van der Waals surface area contributed by atoms with Gasteiger partial charge in [0.2, 0.25) is 0 Å². The molecule has 0 radical (unpaired) electrons. The van der Waals surface area contributed by atoms with Gasteiger partial charge in [0, 0.05) is 14.8 Å². The Balaban J connectivity index is 2.39. The monoisotopic (exact) mass is 282 g/mol. The molecule has 2 nitrogen and oxygen atoms in total. The molecule has 2 rings (SSSR count). The van der Waals surface area contributed by atoms with Crippen molar-refractivity contribution in [3.05, 3.63) is 58.9 Å². The number of benzene rings is 2. The molecule has 18 heavy (non-hydrogen) atoms. The predicted octanol–water partition coefficient (Wildman–Crippen LogP) is 4.33. The average molecular weight is 283 g/mol. The van der Waals surface area contributed by atoms with E-state index in [1.807, 2.05) is 0 Å². The summed E-state index contributed by atoms with van der Waals surface area (Å²) in [5.74, 6) is -1.40. The zero-order valence-electron chi connectivity index (χ0n) is 9.06. The second kappa shape index (κ2) is 5.42. The zero-order valence-corrected chi connectivity index (χ0v) is 10.6. The smallest absolute Gasteiger partial charge is 0.336 e.